The summed E-state index contributed by atoms with van der Waals surface area (Å²) in [6, 6.07) is 3.90. The molecule has 3 rings (SSSR count). The van der Waals surface area contributed by atoms with Crippen LogP contribution in [0.2, 0.25) is 0 Å². The minimum absolute atomic E-state index is 0.119. The zero-order chi connectivity index (χ0) is 16.9. The summed E-state index contributed by atoms with van der Waals surface area (Å²) >= 11 is 3.13. The largest absolute Gasteiger partial charge is 0.355 e. The van der Waals surface area contributed by atoms with Crippen molar-refractivity contribution in [3.8, 4) is 0 Å². The Balaban J connectivity index is 1.84. The predicted octanol–water partition coefficient (Wildman–Crippen LogP) is 4.09. The van der Waals surface area contributed by atoms with Crippen molar-refractivity contribution in [1.82, 2.24) is 5.32 Å². The molecule has 0 saturated carbocycles. The molecule has 1 aliphatic rings. The van der Waals surface area contributed by atoms with Gasteiger partial charge in [-0.3, -0.25) is 9.59 Å². The van der Waals surface area contributed by atoms with Crippen molar-refractivity contribution in [3.63, 3.8) is 0 Å². The van der Waals surface area contributed by atoms with Gasteiger partial charge in [0.2, 0.25) is 5.91 Å². The highest BCUT2D eigenvalue weighted by Crippen LogP contribution is 2.37. The molecule has 1 aliphatic carbocycles. The Morgan fingerprint density at radius 3 is 2.79 bits per heavy atom. The van der Waals surface area contributed by atoms with E-state index in [2.05, 4.69) is 10.6 Å². The first-order chi connectivity index (χ1) is 11.7. The lowest BCUT2D eigenvalue weighted by atomic mass is 10.0. The van der Waals surface area contributed by atoms with E-state index in [4.69, 9.17) is 0 Å². The lowest BCUT2D eigenvalue weighted by Crippen LogP contribution is -2.21. The van der Waals surface area contributed by atoms with Crippen LogP contribution in [0.25, 0.3) is 6.08 Å². The monoisotopic (exact) mass is 360 g/mol. The molecule has 6 heteroatoms. The van der Waals surface area contributed by atoms with Crippen molar-refractivity contribution in [2.45, 2.75) is 32.1 Å². The lowest BCUT2D eigenvalue weighted by molar-refractivity contribution is -0.111. The van der Waals surface area contributed by atoms with Crippen LogP contribution in [0.5, 0.6) is 0 Å². The topological polar surface area (TPSA) is 58.2 Å². The average Bonchev–Trinajstić information content (AvgIpc) is 3.15. The Hall–Kier alpha value is -1.92. The molecule has 2 heterocycles. The van der Waals surface area contributed by atoms with E-state index < -0.39 is 0 Å². The minimum Gasteiger partial charge on any atom is -0.355 e. The summed E-state index contributed by atoms with van der Waals surface area (Å²) < 4.78 is 0. The minimum atomic E-state index is -0.204. The summed E-state index contributed by atoms with van der Waals surface area (Å²) in [6.07, 6.45) is 8.65. The van der Waals surface area contributed by atoms with Gasteiger partial charge in [-0.2, -0.15) is 0 Å². The second-order valence-electron chi connectivity index (χ2n) is 5.69. The van der Waals surface area contributed by atoms with E-state index in [0.717, 1.165) is 36.1 Å². The number of carbonyl (C=O) groups is 2. The molecule has 2 amide bonds. The van der Waals surface area contributed by atoms with Gasteiger partial charge >= 0.3 is 0 Å². The number of fused-ring (bicyclic) bond motifs is 1. The molecule has 0 fully saturated rings. The number of anilines is 1. The molecule has 4 nitrogen and oxygen atoms in total. The fraction of sp³-hybridized carbons (Fsp3) is 0.333. The molecular weight excluding hydrogens is 340 g/mol. The maximum atomic E-state index is 12.3. The maximum absolute atomic E-state index is 12.3. The normalized spacial score (nSPS) is 14.2. The lowest BCUT2D eigenvalue weighted by Gasteiger charge is -2.06. The molecular formula is C18H20N2O2S2. The fourth-order valence-electron chi connectivity index (χ4n) is 2.89. The smallest absolute Gasteiger partial charge is 0.254 e. The molecule has 0 unspecified atom stereocenters. The third-order valence-corrected chi connectivity index (χ3v) is 6.10. The van der Waals surface area contributed by atoms with Crippen molar-refractivity contribution in [3.05, 3.63) is 44.5 Å². The second-order valence-corrected chi connectivity index (χ2v) is 7.77. The van der Waals surface area contributed by atoms with Gasteiger partial charge in [0.15, 0.2) is 0 Å². The van der Waals surface area contributed by atoms with Crippen molar-refractivity contribution in [2.24, 2.45) is 0 Å². The van der Waals surface area contributed by atoms with Crippen LogP contribution in [0.1, 0.15) is 44.9 Å². The number of nitrogens with one attached hydrogen (secondary N) is 2. The highest BCUT2D eigenvalue weighted by Gasteiger charge is 2.24. The molecule has 0 bridgehead atoms. The van der Waals surface area contributed by atoms with E-state index in [9.17, 15) is 9.59 Å². The quantitative estimate of drug-likeness (QED) is 0.637. The first kappa shape index (κ1) is 16.9. The van der Waals surface area contributed by atoms with Crippen molar-refractivity contribution < 1.29 is 9.59 Å². The van der Waals surface area contributed by atoms with Crippen LogP contribution in [0.4, 0.5) is 5.00 Å². The molecule has 0 aliphatic heterocycles. The first-order valence-electron chi connectivity index (χ1n) is 8.08. The van der Waals surface area contributed by atoms with Gasteiger partial charge in [-0.05, 0) is 48.8 Å². The molecule has 0 spiro atoms. The number of rotatable bonds is 4. The predicted molar refractivity (Wildman–Crippen MR) is 101 cm³/mol. The first-order valence-corrected chi connectivity index (χ1v) is 9.78. The van der Waals surface area contributed by atoms with E-state index in [1.807, 2.05) is 17.5 Å². The van der Waals surface area contributed by atoms with Gasteiger partial charge in [0.05, 0.1) is 5.56 Å². The number of carbonyl (C=O) groups excluding carboxylic acids is 2. The highest BCUT2D eigenvalue weighted by molar-refractivity contribution is 7.17. The SMILES string of the molecule is CNC(=O)c1c(NC(=O)/C=C/c2cccs2)sc2c1CCCCC2. The Labute approximate surface area is 149 Å². The standard InChI is InChI=1S/C18H20N2O2S2/c1-19-17(22)16-13-7-3-2-4-8-14(13)24-18(16)20-15(21)10-9-12-6-5-11-23-12/h5-6,9-11H,2-4,7-8H2,1H3,(H,19,22)(H,20,21)/b10-9+. The Morgan fingerprint density at radius 2 is 2.04 bits per heavy atom. The van der Waals surface area contributed by atoms with Gasteiger partial charge in [0, 0.05) is 22.9 Å². The maximum Gasteiger partial charge on any atom is 0.254 e. The van der Waals surface area contributed by atoms with Gasteiger partial charge in [-0.15, -0.1) is 22.7 Å². The molecule has 0 saturated heterocycles. The van der Waals surface area contributed by atoms with Crippen LogP contribution in [0.15, 0.2) is 23.6 Å². The van der Waals surface area contributed by atoms with Crippen molar-refractivity contribution >= 4 is 45.6 Å². The summed E-state index contributed by atoms with van der Waals surface area (Å²) in [5.74, 6) is -0.322. The molecule has 0 radical (unpaired) electrons. The van der Waals surface area contributed by atoms with Gasteiger partial charge in [-0.25, -0.2) is 0 Å². The number of amides is 2. The molecule has 0 aromatic carbocycles. The molecule has 2 N–H and O–H groups in total. The van der Waals surface area contributed by atoms with E-state index in [1.54, 1.807) is 35.8 Å². The third-order valence-electron chi connectivity index (χ3n) is 4.05. The fourth-order valence-corrected chi connectivity index (χ4v) is 4.80. The zero-order valence-corrected chi connectivity index (χ0v) is 15.2. The van der Waals surface area contributed by atoms with E-state index in [-0.39, 0.29) is 11.8 Å². The number of hydrogen-bond acceptors (Lipinski definition) is 4. The van der Waals surface area contributed by atoms with Crippen LogP contribution in [-0.4, -0.2) is 18.9 Å². The zero-order valence-electron chi connectivity index (χ0n) is 13.6. The Kier molecular flexibility index (Phi) is 5.48. The van der Waals surface area contributed by atoms with Crippen LogP contribution in [-0.2, 0) is 17.6 Å². The summed E-state index contributed by atoms with van der Waals surface area (Å²) in [5, 5.41) is 8.25. The Morgan fingerprint density at radius 1 is 1.21 bits per heavy atom. The van der Waals surface area contributed by atoms with E-state index in [0.29, 0.717) is 10.6 Å². The summed E-state index contributed by atoms with van der Waals surface area (Å²) in [4.78, 5) is 26.8. The summed E-state index contributed by atoms with van der Waals surface area (Å²) in [7, 11) is 1.63. The van der Waals surface area contributed by atoms with Gasteiger partial charge in [-0.1, -0.05) is 12.5 Å². The number of thiophene rings is 2. The van der Waals surface area contributed by atoms with Gasteiger partial charge in [0.25, 0.3) is 5.91 Å². The summed E-state index contributed by atoms with van der Waals surface area (Å²) in [6.45, 7) is 0. The average molecular weight is 361 g/mol. The second kappa shape index (κ2) is 7.77. The van der Waals surface area contributed by atoms with Crippen LogP contribution >= 0.6 is 22.7 Å². The van der Waals surface area contributed by atoms with Crippen molar-refractivity contribution in [2.75, 3.05) is 12.4 Å². The van der Waals surface area contributed by atoms with Crippen LogP contribution in [0.3, 0.4) is 0 Å². The van der Waals surface area contributed by atoms with Gasteiger partial charge in [0.1, 0.15) is 5.00 Å². The third kappa shape index (κ3) is 3.76. The Bertz CT molecular complexity index is 760. The highest BCUT2D eigenvalue weighted by atomic mass is 32.1. The van der Waals surface area contributed by atoms with Crippen molar-refractivity contribution in [1.29, 1.82) is 0 Å². The molecule has 0 atom stereocenters. The van der Waals surface area contributed by atoms with Crippen LogP contribution < -0.4 is 10.6 Å². The summed E-state index contributed by atoms with van der Waals surface area (Å²) in [5.41, 5.74) is 1.77. The molecule has 126 valence electrons. The number of hydrogen-bond donors (Lipinski definition) is 2. The van der Waals surface area contributed by atoms with Gasteiger partial charge < -0.3 is 10.6 Å². The number of aryl methyl sites for hydroxylation is 1. The molecule has 24 heavy (non-hydrogen) atoms. The molecule has 2 aromatic heterocycles. The van der Waals surface area contributed by atoms with E-state index >= 15 is 0 Å². The molecule has 2 aromatic rings. The van der Waals surface area contributed by atoms with Crippen LogP contribution in [0, 0.1) is 0 Å². The van der Waals surface area contributed by atoms with E-state index in [1.165, 1.54) is 17.4 Å².